The lowest BCUT2D eigenvalue weighted by atomic mass is 10.0. The van der Waals surface area contributed by atoms with Gasteiger partial charge in [0.1, 0.15) is 0 Å². The van der Waals surface area contributed by atoms with E-state index >= 15 is 0 Å². The third-order valence-corrected chi connectivity index (χ3v) is 3.87. The number of hydrogen-bond acceptors (Lipinski definition) is 2. The minimum atomic E-state index is 0.782. The van der Waals surface area contributed by atoms with Crippen molar-refractivity contribution in [1.82, 2.24) is 10.0 Å². The van der Waals surface area contributed by atoms with Crippen molar-refractivity contribution in [3.05, 3.63) is 0 Å². The van der Waals surface area contributed by atoms with E-state index in [1.54, 1.807) is 0 Å². The maximum Gasteiger partial charge on any atom is 0.0217 e. The average molecular weight is 196 g/mol. The zero-order chi connectivity index (χ0) is 9.97. The summed E-state index contributed by atoms with van der Waals surface area (Å²) in [5.41, 5.74) is 0. The largest absolute Gasteiger partial charge is 0.239 e. The maximum atomic E-state index is 2.65. The SMILES string of the molecule is C[C@H]1CCCCN1N1CCCC[C@@H]1C. The predicted molar refractivity (Wildman–Crippen MR) is 60.0 cm³/mol. The van der Waals surface area contributed by atoms with Crippen molar-refractivity contribution >= 4 is 0 Å². The van der Waals surface area contributed by atoms with Gasteiger partial charge >= 0.3 is 0 Å². The molecule has 0 aromatic heterocycles. The van der Waals surface area contributed by atoms with E-state index in [0.717, 1.165) is 12.1 Å². The van der Waals surface area contributed by atoms with E-state index < -0.39 is 0 Å². The fourth-order valence-electron chi connectivity index (χ4n) is 2.93. The first-order valence-corrected chi connectivity index (χ1v) is 6.32. The summed E-state index contributed by atoms with van der Waals surface area (Å²) < 4.78 is 0. The molecule has 0 aliphatic carbocycles. The van der Waals surface area contributed by atoms with Crippen LogP contribution in [0.1, 0.15) is 52.4 Å². The van der Waals surface area contributed by atoms with Crippen LogP contribution in [-0.2, 0) is 0 Å². The summed E-state index contributed by atoms with van der Waals surface area (Å²) in [7, 11) is 0. The molecule has 0 spiro atoms. The second-order valence-corrected chi connectivity index (χ2v) is 5.02. The molecule has 2 aliphatic rings. The van der Waals surface area contributed by atoms with E-state index in [2.05, 4.69) is 23.9 Å². The van der Waals surface area contributed by atoms with Crippen LogP contribution in [0.4, 0.5) is 0 Å². The van der Waals surface area contributed by atoms with Crippen molar-refractivity contribution in [3.63, 3.8) is 0 Å². The number of nitrogens with zero attached hydrogens (tertiary/aromatic N) is 2. The zero-order valence-corrected chi connectivity index (χ0v) is 9.71. The van der Waals surface area contributed by atoms with Crippen LogP contribution in [0.2, 0.25) is 0 Å². The Morgan fingerprint density at radius 3 is 1.50 bits per heavy atom. The highest BCUT2D eigenvalue weighted by atomic mass is 15.6. The molecule has 2 aliphatic heterocycles. The van der Waals surface area contributed by atoms with E-state index in [0.29, 0.717) is 0 Å². The number of hydrogen-bond donors (Lipinski definition) is 0. The molecular formula is C12H24N2. The van der Waals surface area contributed by atoms with Gasteiger partial charge in [-0.2, -0.15) is 0 Å². The predicted octanol–water partition coefficient (Wildman–Crippen LogP) is 2.65. The van der Waals surface area contributed by atoms with Crippen LogP contribution in [0.3, 0.4) is 0 Å². The lowest BCUT2D eigenvalue weighted by Gasteiger charge is -2.46. The van der Waals surface area contributed by atoms with Gasteiger partial charge < -0.3 is 0 Å². The molecule has 0 unspecified atom stereocenters. The van der Waals surface area contributed by atoms with Crippen molar-refractivity contribution in [2.24, 2.45) is 0 Å². The number of hydrazine groups is 1. The van der Waals surface area contributed by atoms with Crippen LogP contribution in [0, 0.1) is 0 Å². The van der Waals surface area contributed by atoms with Gasteiger partial charge in [0.2, 0.25) is 0 Å². The van der Waals surface area contributed by atoms with E-state index in [9.17, 15) is 0 Å². The molecule has 0 radical (unpaired) electrons. The molecular weight excluding hydrogens is 172 g/mol. The van der Waals surface area contributed by atoms with Crippen molar-refractivity contribution in [2.45, 2.75) is 64.5 Å². The summed E-state index contributed by atoms with van der Waals surface area (Å²) in [6, 6.07) is 1.56. The van der Waals surface area contributed by atoms with Crippen LogP contribution < -0.4 is 0 Å². The minimum Gasteiger partial charge on any atom is -0.239 e. The second-order valence-electron chi connectivity index (χ2n) is 5.02. The molecule has 2 nitrogen and oxygen atoms in total. The lowest BCUT2D eigenvalue weighted by molar-refractivity contribution is -0.110. The number of rotatable bonds is 1. The van der Waals surface area contributed by atoms with E-state index in [-0.39, 0.29) is 0 Å². The molecule has 2 rings (SSSR count). The van der Waals surface area contributed by atoms with E-state index in [4.69, 9.17) is 0 Å². The van der Waals surface area contributed by atoms with Gasteiger partial charge in [-0.05, 0) is 39.5 Å². The van der Waals surface area contributed by atoms with Gasteiger partial charge in [0, 0.05) is 25.2 Å². The molecule has 2 atom stereocenters. The van der Waals surface area contributed by atoms with Gasteiger partial charge in [-0.25, -0.2) is 10.0 Å². The van der Waals surface area contributed by atoms with Crippen molar-refractivity contribution in [2.75, 3.05) is 13.1 Å². The molecule has 2 heterocycles. The first-order chi connectivity index (χ1) is 6.79. The van der Waals surface area contributed by atoms with Gasteiger partial charge in [-0.15, -0.1) is 0 Å². The quantitative estimate of drug-likeness (QED) is 0.636. The topological polar surface area (TPSA) is 6.48 Å². The van der Waals surface area contributed by atoms with Gasteiger partial charge in [0.25, 0.3) is 0 Å². The first-order valence-electron chi connectivity index (χ1n) is 6.32. The normalized spacial score (nSPS) is 37.3. The Balaban J connectivity index is 1.96. The van der Waals surface area contributed by atoms with Crippen LogP contribution in [0.15, 0.2) is 0 Å². The Kier molecular flexibility index (Phi) is 3.45. The van der Waals surface area contributed by atoms with Gasteiger partial charge in [0.15, 0.2) is 0 Å². The monoisotopic (exact) mass is 196 g/mol. The van der Waals surface area contributed by atoms with Crippen LogP contribution in [-0.4, -0.2) is 35.2 Å². The molecule has 0 N–H and O–H groups in total. The molecule has 0 amide bonds. The average Bonchev–Trinajstić information content (AvgIpc) is 2.20. The Bertz CT molecular complexity index is 161. The fourth-order valence-corrected chi connectivity index (χ4v) is 2.93. The minimum absolute atomic E-state index is 0.782. The molecule has 2 heteroatoms. The summed E-state index contributed by atoms with van der Waals surface area (Å²) >= 11 is 0. The second kappa shape index (κ2) is 4.63. The maximum absolute atomic E-state index is 2.65. The Labute approximate surface area is 88.2 Å². The Morgan fingerprint density at radius 1 is 0.714 bits per heavy atom. The standard InChI is InChI=1S/C12H24N2/c1-11-7-3-5-9-13(11)14-10-6-4-8-12(14)2/h11-12H,3-10H2,1-2H3/t11-,12-/m0/s1. The molecule has 0 bridgehead atoms. The molecule has 2 saturated heterocycles. The van der Waals surface area contributed by atoms with Gasteiger partial charge in [0.05, 0.1) is 0 Å². The highest BCUT2D eigenvalue weighted by Gasteiger charge is 2.28. The molecule has 82 valence electrons. The highest BCUT2D eigenvalue weighted by molar-refractivity contribution is 4.77. The highest BCUT2D eigenvalue weighted by Crippen LogP contribution is 2.25. The number of piperidine rings is 2. The Hall–Kier alpha value is -0.0800. The van der Waals surface area contributed by atoms with E-state index in [1.807, 2.05) is 0 Å². The fraction of sp³-hybridized carbons (Fsp3) is 1.00. The first kappa shape index (κ1) is 10.4. The molecule has 2 fully saturated rings. The van der Waals surface area contributed by atoms with Crippen LogP contribution in [0.5, 0.6) is 0 Å². The van der Waals surface area contributed by atoms with Crippen molar-refractivity contribution < 1.29 is 0 Å². The van der Waals surface area contributed by atoms with Gasteiger partial charge in [-0.1, -0.05) is 12.8 Å². The van der Waals surface area contributed by atoms with E-state index in [1.165, 1.54) is 51.6 Å². The summed E-state index contributed by atoms with van der Waals surface area (Å²) in [5.74, 6) is 0. The summed E-state index contributed by atoms with van der Waals surface area (Å²) in [5, 5.41) is 5.29. The van der Waals surface area contributed by atoms with Crippen molar-refractivity contribution in [1.29, 1.82) is 0 Å². The molecule has 0 saturated carbocycles. The third-order valence-electron chi connectivity index (χ3n) is 3.87. The molecule has 0 aromatic rings. The smallest absolute Gasteiger partial charge is 0.0217 e. The van der Waals surface area contributed by atoms with Crippen LogP contribution >= 0.6 is 0 Å². The third kappa shape index (κ3) is 2.12. The van der Waals surface area contributed by atoms with Crippen molar-refractivity contribution in [3.8, 4) is 0 Å². The summed E-state index contributed by atoms with van der Waals surface area (Å²) in [6.07, 6.45) is 8.44. The lowest BCUT2D eigenvalue weighted by Crippen LogP contribution is -2.55. The summed E-state index contributed by atoms with van der Waals surface area (Å²) in [6.45, 7) is 7.37. The van der Waals surface area contributed by atoms with Crippen LogP contribution in [0.25, 0.3) is 0 Å². The molecule has 14 heavy (non-hydrogen) atoms. The Morgan fingerprint density at radius 2 is 1.14 bits per heavy atom. The summed E-state index contributed by atoms with van der Waals surface area (Å²) in [4.78, 5) is 0. The van der Waals surface area contributed by atoms with Gasteiger partial charge in [-0.3, -0.25) is 0 Å². The molecule has 0 aromatic carbocycles. The zero-order valence-electron chi connectivity index (χ0n) is 9.71.